The van der Waals surface area contributed by atoms with E-state index >= 15 is 0 Å². The van der Waals surface area contributed by atoms with Crippen LogP contribution in [0.25, 0.3) is 0 Å². The van der Waals surface area contributed by atoms with Crippen LogP contribution in [0.3, 0.4) is 0 Å². The van der Waals surface area contributed by atoms with E-state index in [-0.39, 0.29) is 11.9 Å². The summed E-state index contributed by atoms with van der Waals surface area (Å²) in [5.74, 6) is 3.10. The first-order valence-corrected chi connectivity index (χ1v) is 12.2. The van der Waals surface area contributed by atoms with Crippen molar-refractivity contribution in [3.8, 4) is 0 Å². The normalized spacial score (nSPS) is 33.0. The van der Waals surface area contributed by atoms with Crippen LogP contribution in [0.5, 0.6) is 0 Å². The quantitative estimate of drug-likeness (QED) is 0.745. The van der Waals surface area contributed by atoms with Crippen LogP contribution in [-0.2, 0) is 16.0 Å². The molecule has 0 unspecified atom stereocenters. The Kier molecular flexibility index (Phi) is 5.55. The van der Waals surface area contributed by atoms with Gasteiger partial charge in [0.15, 0.2) is 0 Å². The van der Waals surface area contributed by atoms with Gasteiger partial charge in [-0.15, -0.1) is 0 Å². The molecule has 5 aliphatic rings. The Balaban J connectivity index is 1.09. The van der Waals surface area contributed by atoms with E-state index in [1.54, 1.807) is 0 Å². The van der Waals surface area contributed by atoms with Crippen LogP contribution in [0, 0.1) is 23.2 Å². The molecule has 1 saturated heterocycles. The maximum Gasteiger partial charge on any atom is 0.224 e. The number of carbonyl (C=O) groups excluding carboxylic acids is 2. The van der Waals surface area contributed by atoms with E-state index in [1.165, 1.54) is 38.5 Å². The molecule has 1 aliphatic heterocycles. The lowest BCUT2D eigenvalue weighted by molar-refractivity contribution is -0.140. The smallest absolute Gasteiger partial charge is 0.224 e. The third kappa shape index (κ3) is 4.39. The van der Waals surface area contributed by atoms with Crippen LogP contribution in [0.15, 0.2) is 24.3 Å². The number of rotatable bonds is 5. The van der Waals surface area contributed by atoms with E-state index in [0.717, 1.165) is 55.7 Å². The second kappa shape index (κ2) is 8.18. The van der Waals surface area contributed by atoms with Gasteiger partial charge in [0.2, 0.25) is 11.8 Å². The molecule has 0 spiro atoms. The van der Waals surface area contributed by atoms with Gasteiger partial charge in [0.25, 0.3) is 0 Å². The highest BCUT2D eigenvalue weighted by Gasteiger charge is 2.51. The largest absolute Gasteiger partial charge is 0.353 e. The average molecular weight is 429 g/mol. The summed E-state index contributed by atoms with van der Waals surface area (Å²) in [6.45, 7) is 1.55. The minimum Gasteiger partial charge on any atom is -0.353 e. The van der Waals surface area contributed by atoms with E-state index in [0.29, 0.717) is 22.8 Å². The molecule has 1 heterocycles. The summed E-state index contributed by atoms with van der Waals surface area (Å²) in [5.41, 5.74) is 1.29. The van der Waals surface area contributed by atoms with Crippen molar-refractivity contribution in [1.82, 2.24) is 10.2 Å². The first-order valence-electron chi connectivity index (χ1n) is 11.8. The van der Waals surface area contributed by atoms with Crippen molar-refractivity contribution in [3.63, 3.8) is 0 Å². The Morgan fingerprint density at radius 2 is 1.53 bits per heavy atom. The number of hydrogen-bond acceptors (Lipinski definition) is 2. The number of likely N-dealkylation sites (tertiary alicyclic amines) is 1. The van der Waals surface area contributed by atoms with Crippen molar-refractivity contribution in [1.29, 1.82) is 0 Å². The fourth-order valence-corrected chi connectivity index (χ4v) is 7.40. The maximum absolute atomic E-state index is 13.1. The molecule has 0 radical (unpaired) electrons. The van der Waals surface area contributed by atoms with E-state index < -0.39 is 0 Å². The van der Waals surface area contributed by atoms with Gasteiger partial charge in [-0.2, -0.15) is 0 Å². The van der Waals surface area contributed by atoms with Gasteiger partial charge in [0.1, 0.15) is 0 Å². The zero-order chi connectivity index (χ0) is 20.7. The Hall–Kier alpha value is -1.55. The fraction of sp³-hybridized carbons (Fsp3) is 0.680. The van der Waals surface area contributed by atoms with Crippen LogP contribution in [0.1, 0.15) is 63.4 Å². The van der Waals surface area contributed by atoms with Crippen LogP contribution < -0.4 is 5.32 Å². The Labute approximate surface area is 184 Å². The number of amides is 2. The standard InChI is InChI=1S/C25H33ClN2O2/c26-21-3-1-17(2-4-21)12-23(29)27-22-5-7-28(8-6-22)24(30)16-25-13-18-9-19(14-25)11-20(10-18)15-25/h1-4,18-20,22H,5-16H2,(H,27,29). The zero-order valence-corrected chi connectivity index (χ0v) is 18.5. The predicted octanol–water partition coefficient (Wildman–Crippen LogP) is 4.60. The minimum absolute atomic E-state index is 0.0515. The fourth-order valence-electron chi connectivity index (χ4n) is 7.28. The number of nitrogens with zero attached hydrogens (tertiary/aromatic N) is 1. The molecule has 2 amide bonds. The molecule has 1 aromatic carbocycles. The van der Waals surface area contributed by atoms with Gasteiger partial charge < -0.3 is 10.2 Å². The highest BCUT2D eigenvalue weighted by atomic mass is 35.5. The zero-order valence-electron chi connectivity index (χ0n) is 17.7. The van der Waals surface area contributed by atoms with E-state index in [1.807, 2.05) is 24.3 Å². The van der Waals surface area contributed by atoms with Crippen molar-refractivity contribution in [2.45, 2.75) is 70.3 Å². The maximum atomic E-state index is 13.1. The SMILES string of the molecule is O=C(Cc1ccc(Cl)cc1)NC1CCN(C(=O)CC23CC4CC(CC(C4)C2)C3)CC1. The molecule has 162 valence electrons. The molecule has 4 aliphatic carbocycles. The topological polar surface area (TPSA) is 49.4 Å². The van der Waals surface area contributed by atoms with Crippen molar-refractivity contribution in [2.24, 2.45) is 23.2 Å². The molecular weight excluding hydrogens is 396 g/mol. The van der Waals surface area contributed by atoms with Gasteiger partial charge in [0.05, 0.1) is 6.42 Å². The first-order chi connectivity index (χ1) is 14.5. The van der Waals surface area contributed by atoms with Crippen molar-refractivity contribution in [2.75, 3.05) is 13.1 Å². The molecule has 30 heavy (non-hydrogen) atoms. The number of halogens is 1. The molecule has 6 rings (SSSR count). The molecule has 0 atom stereocenters. The molecular formula is C25H33ClN2O2. The van der Waals surface area contributed by atoms with Crippen molar-refractivity contribution >= 4 is 23.4 Å². The number of nitrogens with one attached hydrogen (secondary N) is 1. The van der Waals surface area contributed by atoms with Gasteiger partial charge in [-0.1, -0.05) is 23.7 Å². The second-order valence-corrected chi connectivity index (χ2v) is 11.1. The molecule has 4 saturated carbocycles. The van der Waals surface area contributed by atoms with E-state index in [2.05, 4.69) is 10.2 Å². The Morgan fingerprint density at radius 1 is 0.967 bits per heavy atom. The third-order valence-electron chi connectivity index (χ3n) is 8.18. The minimum atomic E-state index is 0.0515. The Morgan fingerprint density at radius 3 is 2.10 bits per heavy atom. The molecule has 1 aromatic rings. The highest BCUT2D eigenvalue weighted by Crippen LogP contribution is 2.61. The van der Waals surface area contributed by atoms with Gasteiger partial charge in [-0.05, 0) is 92.2 Å². The molecule has 5 fully saturated rings. The number of carbonyl (C=O) groups is 2. The Bertz CT molecular complexity index is 763. The summed E-state index contributed by atoms with van der Waals surface area (Å²) in [6.07, 6.45) is 11.0. The third-order valence-corrected chi connectivity index (χ3v) is 8.43. The van der Waals surface area contributed by atoms with Gasteiger partial charge >= 0.3 is 0 Å². The molecule has 1 N–H and O–H groups in total. The van der Waals surface area contributed by atoms with Crippen molar-refractivity contribution in [3.05, 3.63) is 34.9 Å². The second-order valence-electron chi connectivity index (χ2n) is 10.6. The molecule has 0 aromatic heterocycles. The average Bonchev–Trinajstić information content (AvgIpc) is 2.69. The van der Waals surface area contributed by atoms with Crippen LogP contribution >= 0.6 is 11.6 Å². The highest BCUT2D eigenvalue weighted by molar-refractivity contribution is 6.30. The summed E-state index contributed by atoms with van der Waals surface area (Å²) >= 11 is 5.91. The van der Waals surface area contributed by atoms with Gasteiger partial charge in [-0.3, -0.25) is 9.59 Å². The van der Waals surface area contributed by atoms with Gasteiger partial charge in [-0.25, -0.2) is 0 Å². The number of hydrogen-bond donors (Lipinski definition) is 1. The number of benzene rings is 1. The summed E-state index contributed by atoms with van der Waals surface area (Å²) in [4.78, 5) is 27.5. The van der Waals surface area contributed by atoms with E-state index in [9.17, 15) is 9.59 Å². The van der Waals surface area contributed by atoms with Crippen molar-refractivity contribution < 1.29 is 9.59 Å². The summed E-state index contributed by atoms with van der Waals surface area (Å²) < 4.78 is 0. The molecule has 4 bridgehead atoms. The lowest BCUT2D eigenvalue weighted by Gasteiger charge is -2.57. The van der Waals surface area contributed by atoms with Crippen LogP contribution in [0.4, 0.5) is 0 Å². The monoisotopic (exact) mass is 428 g/mol. The lowest BCUT2D eigenvalue weighted by Crippen LogP contribution is -2.50. The van der Waals surface area contributed by atoms with Crippen LogP contribution in [0.2, 0.25) is 5.02 Å². The molecule has 4 nitrogen and oxygen atoms in total. The predicted molar refractivity (Wildman–Crippen MR) is 118 cm³/mol. The van der Waals surface area contributed by atoms with Crippen LogP contribution in [-0.4, -0.2) is 35.8 Å². The summed E-state index contributed by atoms with van der Waals surface area (Å²) in [5, 5.41) is 3.84. The number of piperidine rings is 1. The summed E-state index contributed by atoms with van der Waals surface area (Å²) in [6, 6.07) is 7.60. The molecule has 5 heteroatoms. The lowest BCUT2D eigenvalue weighted by atomic mass is 9.49. The first kappa shape index (κ1) is 20.4. The van der Waals surface area contributed by atoms with Gasteiger partial charge in [0, 0.05) is 30.6 Å². The summed E-state index contributed by atoms with van der Waals surface area (Å²) in [7, 11) is 0. The van der Waals surface area contributed by atoms with E-state index in [4.69, 9.17) is 11.6 Å².